The number of anilines is 1. The molecule has 1 fully saturated rings. The van der Waals surface area contributed by atoms with Gasteiger partial charge < -0.3 is 10.5 Å². The minimum Gasteiger partial charge on any atom is -0.461 e. The predicted octanol–water partition coefficient (Wildman–Crippen LogP) is 6.11. The van der Waals surface area contributed by atoms with Gasteiger partial charge in [-0.3, -0.25) is 14.7 Å². The highest BCUT2D eigenvalue weighted by atomic mass is 16.5. The third-order valence-corrected chi connectivity index (χ3v) is 7.51. The van der Waals surface area contributed by atoms with Gasteiger partial charge >= 0.3 is 5.97 Å². The highest BCUT2D eigenvalue weighted by molar-refractivity contribution is 5.83. The number of nitrogens with zero attached hydrogens (tertiary/aromatic N) is 1. The Kier molecular flexibility index (Phi) is 8.27. The molecule has 204 valence electrons. The third kappa shape index (κ3) is 6.08. The van der Waals surface area contributed by atoms with Gasteiger partial charge in [0.05, 0.1) is 5.69 Å². The second-order valence-electron chi connectivity index (χ2n) is 10.4. The number of aryl methyl sites for hydroxylation is 1. The SMILES string of the molecule is C=C(c1ccc(C)cc1)c1ccc(=O)n(-c2ccc(CNC(C(=O)OC3CCCC3)c3ccccc3)cc2)c1N. The number of nitrogens with one attached hydrogen (secondary N) is 1. The first-order valence-electron chi connectivity index (χ1n) is 13.8. The van der Waals surface area contributed by atoms with E-state index in [0.29, 0.717) is 23.6 Å². The standard InChI is InChI=1S/C34H35N3O3/c1-23-12-16-26(17-13-23)24(2)30-20-21-31(38)37(33(30)35)28-18-14-25(15-19-28)22-36-32(27-8-4-3-5-9-27)34(39)40-29-10-6-7-11-29/h3-5,8-9,12-21,29,32,36H,2,6-7,10-11,22,35H2,1H3. The number of nitrogen functional groups attached to an aromatic ring is 1. The fourth-order valence-corrected chi connectivity index (χ4v) is 5.19. The number of aromatic nitrogens is 1. The average molecular weight is 534 g/mol. The van der Waals surface area contributed by atoms with Crippen molar-refractivity contribution in [2.75, 3.05) is 5.73 Å². The second kappa shape index (κ2) is 12.2. The largest absolute Gasteiger partial charge is 0.461 e. The average Bonchev–Trinajstić information content (AvgIpc) is 3.48. The van der Waals surface area contributed by atoms with Crippen molar-refractivity contribution in [2.45, 2.75) is 51.3 Å². The van der Waals surface area contributed by atoms with Gasteiger partial charge in [-0.25, -0.2) is 4.79 Å². The molecular weight excluding hydrogens is 498 g/mol. The molecule has 1 heterocycles. The lowest BCUT2D eigenvalue weighted by molar-refractivity contribution is -0.151. The molecule has 4 aromatic rings. The van der Waals surface area contributed by atoms with E-state index in [1.807, 2.05) is 85.8 Å². The lowest BCUT2D eigenvalue weighted by Gasteiger charge is -2.21. The number of hydrogen-bond acceptors (Lipinski definition) is 5. The smallest absolute Gasteiger partial charge is 0.328 e. The highest BCUT2D eigenvalue weighted by Gasteiger charge is 2.26. The van der Waals surface area contributed by atoms with Crippen molar-refractivity contribution in [3.05, 3.63) is 136 Å². The minimum absolute atomic E-state index is 0.00131. The second-order valence-corrected chi connectivity index (χ2v) is 10.4. The lowest BCUT2D eigenvalue weighted by atomic mass is 9.99. The van der Waals surface area contributed by atoms with E-state index in [2.05, 4.69) is 11.9 Å². The van der Waals surface area contributed by atoms with Crippen molar-refractivity contribution in [1.29, 1.82) is 0 Å². The maximum absolute atomic E-state index is 13.1. The molecule has 40 heavy (non-hydrogen) atoms. The number of carbonyl (C=O) groups is 1. The molecule has 1 unspecified atom stereocenters. The maximum Gasteiger partial charge on any atom is 0.328 e. The minimum atomic E-state index is -0.566. The zero-order valence-electron chi connectivity index (χ0n) is 22.8. The van der Waals surface area contributed by atoms with Gasteiger partial charge in [-0.2, -0.15) is 0 Å². The zero-order chi connectivity index (χ0) is 28.1. The summed E-state index contributed by atoms with van der Waals surface area (Å²) in [6.45, 7) is 6.72. The predicted molar refractivity (Wildman–Crippen MR) is 160 cm³/mol. The van der Waals surface area contributed by atoms with Gasteiger partial charge in [-0.15, -0.1) is 0 Å². The van der Waals surface area contributed by atoms with Crippen molar-refractivity contribution in [3.8, 4) is 5.69 Å². The number of hydrogen-bond donors (Lipinski definition) is 2. The first-order valence-corrected chi connectivity index (χ1v) is 13.8. The van der Waals surface area contributed by atoms with E-state index >= 15 is 0 Å². The van der Waals surface area contributed by atoms with Gasteiger partial charge in [0, 0.05) is 18.2 Å². The van der Waals surface area contributed by atoms with Crippen LogP contribution in [-0.4, -0.2) is 16.6 Å². The normalized spacial score (nSPS) is 14.1. The van der Waals surface area contributed by atoms with Crippen LogP contribution in [0.1, 0.15) is 59.5 Å². The van der Waals surface area contributed by atoms with E-state index in [9.17, 15) is 9.59 Å². The molecule has 1 aliphatic rings. The Morgan fingerprint density at radius 1 is 0.975 bits per heavy atom. The van der Waals surface area contributed by atoms with Gasteiger partial charge in [0.25, 0.3) is 5.56 Å². The van der Waals surface area contributed by atoms with Crippen molar-refractivity contribution in [1.82, 2.24) is 9.88 Å². The van der Waals surface area contributed by atoms with Crippen LogP contribution in [0.4, 0.5) is 5.82 Å². The fraction of sp³-hybridized carbons (Fsp3) is 0.235. The first-order chi connectivity index (χ1) is 19.4. The van der Waals surface area contributed by atoms with Crippen molar-refractivity contribution >= 4 is 17.4 Å². The van der Waals surface area contributed by atoms with Gasteiger partial charge in [-0.05, 0) is 73.1 Å². The lowest BCUT2D eigenvalue weighted by Crippen LogP contribution is -2.32. The molecule has 1 atom stereocenters. The number of pyridine rings is 1. The number of rotatable bonds is 9. The quantitative estimate of drug-likeness (QED) is 0.254. The Morgan fingerprint density at radius 3 is 2.33 bits per heavy atom. The molecule has 0 saturated heterocycles. The summed E-state index contributed by atoms with van der Waals surface area (Å²) in [6, 6.07) is 28.0. The van der Waals surface area contributed by atoms with Crippen molar-refractivity contribution in [3.63, 3.8) is 0 Å². The Labute approximate surface area is 235 Å². The fourth-order valence-electron chi connectivity index (χ4n) is 5.19. The Bertz CT molecular complexity index is 1530. The van der Waals surface area contributed by atoms with Crippen molar-refractivity contribution in [2.24, 2.45) is 0 Å². The van der Waals surface area contributed by atoms with Crippen LogP contribution >= 0.6 is 0 Å². The molecule has 1 saturated carbocycles. The van der Waals surface area contributed by atoms with Gasteiger partial charge in [-0.1, -0.05) is 78.9 Å². The van der Waals surface area contributed by atoms with E-state index in [-0.39, 0.29) is 17.6 Å². The molecular formula is C34H35N3O3. The summed E-state index contributed by atoms with van der Waals surface area (Å²) >= 11 is 0. The number of esters is 1. The van der Waals surface area contributed by atoms with Crippen LogP contribution in [0.15, 0.2) is 102 Å². The summed E-state index contributed by atoms with van der Waals surface area (Å²) in [4.78, 5) is 26.0. The molecule has 0 radical (unpaired) electrons. The van der Waals surface area contributed by atoms with E-state index in [1.54, 1.807) is 6.07 Å². The zero-order valence-corrected chi connectivity index (χ0v) is 22.8. The Balaban J connectivity index is 1.34. The molecule has 3 aromatic carbocycles. The summed E-state index contributed by atoms with van der Waals surface area (Å²) in [7, 11) is 0. The molecule has 3 N–H and O–H groups in total. The van der Waals surface area contributed by atoms with Crippen LogP contribution in [-0.2, 0) is 16.1 Å². The Hall–Kier alpha value is -4.42. The highest BCUT2D eigenvalue weighted by Crippen LogP contribution is 2.28. The summed E-state index contributed by atoms with van der Waals surface area (Å²) in [6.07, 6.45) is 4.06. The van der Waals surface area contributed by atoms with Gasteiger partial charge in [0.1, 0.15) is 18.0 Å². The Morgan fingerprint density at radius 2 is 1.65 bits per heavy atom. The molecule has 1 aromatic heterocycles. The summed E-state index contributed by atoms with van der Waals surface area (Å²) < 4.78 is 7.32. The maximum atomic E-state index is 13.1. The third-order valence-electron chi connectivity index (χ3n) is 7.51. The van der Waals surface area contributed by atoms with Crippen LogP contribution in [0, 0.1) is 6.92 Å². The molecule has 1 aliphatic carbocycles. The van der Waals surface area contributed by atoms with Gasteiger partial charge in [0.2, 0.25) is 0 Å². The number of benzene rings is 3. The molecule has 6 heteroatoms. The van der Waals surface area contributed by atoms with Crippen LogP contribution in [0.5, 0.6) is 0 Å². The number of ether oxygens (including phenoxy) is 1. The summed E-state index contributed by atoms with van der Waals surface area (Å²) in [5, 5.41) is 3.37. The molecule has 0 aliphatic heterocycles. The molecule has 0 amide bonds. The molecule has 6 nitrogen and oxygen atoms in total. The number of carbonyl (C=O) groups excluding carboxylic acids is 1. The monoisotopic (exact) mass is 533 g/mol. The number of nitrogens with two attached hydrogens (primary N) is 1. The van der Waals surface area contributed by atoms with Crippen molar-refractivity contribution < 1.29 is 9.53 Å². The van der Waals surface area contributed by atoms with Crippen LogP contribution in [0.3, 0.4) is 0 Å². The topological polar surface area (TPSA) is 86.3 Å². The van der Waals surface area contributed by atoms with Crippen LogP contribution in [0.2, 0.25) is 0 Å². The van der Waals surface area contributed by atoms with Crippen LogP contribution in [0.25, 0.3) is 11.3 Å². The summed E-state index contributed by atoms with van der Waals surface area (Å²) in [5.41, 5.74) is 12.4. The molecule has 5 rings (SSSR count). The van der Waals surface area contributed by atoms with E-state index < -0.39 is 6.04 Å². The van der Waals surface area contributed by atoms with Gasteiger partial charge in [0.15, 0.2) is 0 Å². The first kappa shape index (κ1) is 27.2. The van der Waals surface area contributed by atoms with Crippen LogP contribution < -0.4 is 16.6 Å². The molecule has 0 spiro atoms. The van der Waals surface area contributed by atoms with E-state index in [1.165, 1.54) is 10.6 Å². The van der Waals surface area contributed by atoms with E-state index in [4.69, 9.17) is 10.5 Å². The summed E-state index contributed by atoms with van der Waals surface area (Å²) in [5.74, 6) is 0.0856. The molecule has 0 bridgehead atoms. The van der Waals surface area contributed by atoms with E-state index in [0.717, 1.165) is 53.5 Å².